The summed E-state index contributed by atoms with van der Waals surface area (Å²) in [6.07, 6.45) is 6.32. The Labute approximate surface area is 151 Å². The molecule has 2 heterocycles. The number of likely N-dealkylation sites (N-methyl/N-ethyl adjacent to an activating group) is 1. The van der Waals surface area contributed by atoms with Crippen molar-refractivity contribution in [2.45, 2.75) is 19.4 Å². The van der Waals surface area contributed by atoms with Crippen LogP contribution in [0.3, 0.4) is 0 Å². The minimum absolute atomic E-state index is 0.474. The van der Waals surface area contributed by atoms with Gasteiger partial charge in [-0.05, 0) is 26.1 Å². The SMILES string of the molecule is C[C@@H](Cc1cnccn1)N(C)CCN1CCN(c2ccccc2)CC1. The highest BCUT2D eigenvalue weighted by Gasteiger charge is 2.18. The van der Waals surface area contributed by atoms with Crippen LogP contribution in [-0.4, -0.2) is 72.1 Å². The molecule has 2 aromatic rings. The number of rotatable bonds is 7. The van der Waals surface area contributed by atoms with E-state index in [9.17, 15) is 0 Å². The van der Waals surface area contributed by atoms with Crippen LogP contribution in [0.15, 0.2) is 48.9 Å². The first-order valence-electron chi connectivity index (χ1n) is 9.20. The van der Waals surface area contributed by atoms with Crippen LogP contribution in [-0.2, 0) is 6.42 Å². The monoisotopic (exact) mass is 339 g/mol. The fourth-order valence-corrected chi connectivity index (χ4v) is 3.28. The smallest absolute Gasteiger partial charge is 0.0602 e. The Morgan fingerprint density at radius 3 is 2.52 bits per heavy atom. The molecule has 3 rings (SSSR count). The van der Waals surface area contributed by atoms with Gasteiger partial charge in [-0.25, -0.2) is 0 Å². The van der Waals surface area contributed by atoms with Gasteiger partial charge >= 0.3 is 0 Å². The van der Waals surface area contributed by atoms with E-state index in [1.54, 1.807) is 12.4 Å². The van der Waals surface area contributed by atoms with Crippen LogP contribution in [0.2, 0.25) is 0 Å². The van der Waals surface area contributed by atoms with Crippen molar-refractivity contribution in [1.82, 2.24) is 19.8 Å². The van der Waals surface area contributed by atoms with Crippen molar-refractivity contribution in [3.63, 3.8) is 0 Å². The van der Waals surface area contributed by atoms with E-state index in [2.05, 4.69) is 69.0 Å². The normalized spacial score (nSPS) is 17.0. The molecular formula is C20H29N5. The number of hydrogen-bond acceptors (Lipinski definition) is 5. The van der Waals surface area contributed by atoms with Gasteiger partial charge in [-0.1, -0.05) is 18.2 Å². The van der Waals surface area contributed by atoms with E-state index < -0.39 is 0 Å². The first-order valence-corrected chi connectivity index (χ1v) is 9.20. The molecule has 25 heavy (non-hydrogen) atoms. The van der Waals surface area contributed by atoms with E-state index in [-0.39, 0.29) is 0 Å². The van der Waals surface area contributed by atoms with Crippen LogP contribution in [0.5, 0.6) is 0 Å². The zero-order chi connectivity index (χ0) is 17.5. The molecule has 0 N–H and O–H groups in total. The van der Waals surface area contributed by atoms with Gasteiger partial charge in [0.1, 0.15) is 0 Å². The maximum absolute atomic E-state index is 4.38. The Kier molecular flexibility index (Phi) is 6.36. The molecule has 0 bridgehead atoms. The van der Waals surface area contributed by atoms with E-state index in [0.29, 0.717) is 6.04 Å². The summed E-state index contributed by atoms with van der Waals surface area (Å²) in [5, 5.41) is 0. The molecule has 134 valence electrons. The lowest BCUT2D eigenvalue weighted by Gasteiger charge is -2.37. The molecular weight excluding hydrogens is 310 g/mol. The van der Waals surface area contributed by atoms with Gasteiger partial charge in [0.2, 0.25) is 0 Å². The van der Waals surface area contributed by atoms with Gasteiger partial charge in [0.15, 0.2) is 0 Å². The predicted molar refractivity (Wildman–Crippen MR) is 103 cm³/mol. The topological polar surface area (TPSA) is 35.5 Å². The summed E-state index contributed by atoms with van der Waals surface area (Å²) < 4.78 is 0. The van der Waals surface area contributed by atoms with E-state index in [0.717, 1.165) is 51.4 Å². The van der Waals surface area contributed by atoms with Gasteiger partial charge in [0, 0.05) is 76.0 Å². The van der Waals surface area contributed by atoms with E-state index >= 15 is 0 Å². The molecule has 1 aromatic carbocycles. The van der Waals surface area contributed by atoms with Crippen LogP contribution in [0.4, 0.5) is 5.69 Å². The minimum Gasteiger partial charge on any atom is -0.369 e. The van der Waals surface area contributed by atoms with Gasteiger partial charge in [0.05, 0.1) is 5.69 Å². The second kappa shape index (κ2) is 8.92. The third-order valence-corrected chi connectivity index (χ3v) is 5.14. The molecule has 0 unspecified atom stereocenters. The highest BCUT2D eigenvalue weighted by atomic mass is 15.3. The molecule has 1 aliphatic heterocycles. The summed E-state index contributed by atoms with van der Waals surface area (Å²) in [5.41, 5.74) is 2.41. The van der Waals surface area contributed by atoms with Crippen molar-refractivity contribution in [2.24, 2.45) is 0 Å². The number of hydrogen-bond donors (Lipinski definition) is 0. The summed E-state index contributed by atoms with van der Waals surface area (Å²) >= 11 is 0. The zero-order valence-corrected chi connectivity index (χ0v) is 15.4. The van der Waals surface area contributed by atoms with E-state index in [1.807, 2.05) is 6.20 Å². The van der Waals surface area contributed by atoms with Gasteiger partial charge in [-0.15, -0.1) is 0 Å². The Bertz CT molecular complexity index is 610. The highest BCUT2D eigenvalue weighted by Crippen LogP contribution is 2.15. The summed E-state index contributed by atoms with van der Waals surface area (Å²) in [7, 11) is 2.21. The molecule has 5 nitrogen and oxygen atoms in total. The molecule has 0 saturated carbocycles. The molecule has 5 heteroatoms. The van der Waals surface area contributed by atoms with Gasteiger partial charge < -0.3 is 9.80 Å². The summed E-state index contributed by atoms with van der Waals surface area (Å²) in [4.78, 5) is 16.0. The van der Waals surface area contributed by atoms with Crippen LogP contribution >= 0.6 is 0 Å². The number of piperazine rings is 1. The lowest BCUT2D eigenvalue weighted by atomic mass is 10.1. The van der Waals surface area contributed by atoms with Crippen molar-refractivity contribution in [1.29, 1.82) is 0 Å². The molecule has 1 atom stereocenters. The van der Waals surface area contributed by atoms with Crippen LogP contribution < -0.4 is 4.90 Å². The molecule has 1 fully saturated rings. The Hall–Kier alpha value is -1.98. The molecule has 0 amide bonds. The minimum atomic E-state index is 0.474. The Morgan fingerprint density at radius 2 is 1.84 bits per heavy atom. The standard InChI is InChI=1S/C20H29N5/c1-18(16-19-17-21-8-9-22-19)23(2)10-11-24-12-14-25(15-13-24)20-6-4-3-5-7-20/h3-9,17-18H,10-16H2,1-2H3/t18-/m0/s1. The third-order valence-electron chi connectivity index (χ3n) is 5.14. The van der Waals surface area contributed by atoms with Crippen molar-refractivity contribution in [2.75, 3.05) is 51.2 Å². The van der Waals surface area contributed by atoms with Gasteiger partial charge in [-0.2, -0.15) is 0 Å². The van der Waals surface area contributed by atoms with Crippen LogP contribution in [0.1, 0.15) is 12.6 Å². The Morgan fingerprint density at radius 1 is 1.08 bits per heavy atom. The van der Waals surface area contributed by atoms with Gasteiger partial charge in [-0.3, -0.25) is 14.9 Å². The first kappa shape index (κ1) is 17.8. The maximum Gasteiger partial charge on any atom is 0.0602 e. The lowest BCUT2D eigenvalue weighted by molar-refractivity contribution is 0.188. The Balaban J connectivity index is 1.39. The number of para-hydroxylation sites is 1. The van der Waals surface area contributed by atoms with E-state index in [4.69, 9.17) is 0 Å². The second-order valence-electron chi connectivity index (χ2n) is 6.89. The summed E-state index contributed by atoms with van der Waals surface area (Å²) in [6.45, 7) is 8.99. The molecule has 1 saturated heterocycles. The number of benzene rings is 1. The maximum atomic E-state index is 4.38. The summed E-state index contributed by atoms with van der Waals surface area (Å²) in [5.74, 6) is 0. The molecule has 0 spiro atoms. The molecule has 1 aromatic heterocycles. The molecule has 0 radical (unpaired) electrons. The number of nitrogens with zero attached hydrogens (tertiary/aromatic N) is 5. The summed E-state index contributed by atoms with van der Waals surface area (Å²) in [6, 6.07) is 11.2. The first-order chi connectivity index (χ1) is 12.2. The van der Waals surface area contributed by atoms with Crippen molar-refractivity contribution >= 4 is 5.69 Å². The quantitative estimate of drug-likeness (QED) is 0.772. The largest absolute Gasteiger partial charge is 0.369 e. The van der Waals surface area contributed by atoms with Crippen molar-refractivity contribution in [3.05, 3.63) is 54.6 Å². The van der Waals surface area contributed by atoms with Gasteiger partial charge in [0.25, 0.3) is 0 Å². The second-order valence-corrected chi connectivity index (χ2v) is 6.89. The molecule has 1 aliphatic rings. The highest BCUT2D eigenvalue weighted by molar-refractivity contribution is 5.46. The van der Waals surface area contributed by atoms with Crippen LogP contribution in [0.25, 0.3) is 0 Å². The lowest BCUT2D eigenvalue weighted by Crippen LogP contribution is -2.49. The van der Waals surface area contributed by atoms with Crippen molar-refractivity contribution in [3.8, 4) is 0 Å². The number of anilines is 1. The fraction of sp³-hybridized carbons (Fsp3) is 0.500. The van der Waals surface area contributed by atoms with Crippen LogP contribution in [0, 0.1) is 0 Å². The predicted octanol–water partition coefficient (Wildman–Crippen LogP) is 2.16. The van der Waals surface area contributed by atoms with E-state index in [1.165, 1.54) is 5.69 Å². The zero-order valence-electron chi connectivity index (χ0n) is 15.4. The fourth-order valence-electron chi connectivity index (χ4n) is 3.28. The number of aromatic nitrogens is 2. The third kappa shape index (κ3) is 5.25. The average Bonchev–Trinajstić information content (AvgIpc) is 2.68. The average molecular weight is 339 g/mol. The molecule has 0 aliphatic carbocycles. The van der Waals surface area contributed by atoms with Crippen molar-refractivity contribution < 1.29 is 0 Å².